The van der Waals surface area contributed by atoms with E-state index in [4.69, 9.17) is 0 Å². The van der Waals surface area contributed by atoms with Crippen LogP contribution < -0.4 is 10.2 Å². The summed E-state index contributed by atoms with van der Waals surface area (Å²) in [7, 11) is 4.13. The van der Waals surface area contributed by atoms with E-state index in [2.05, 4.69) is 77.8 Å². The second-order valence-electron chi connectivity index (χ2n) is 5.12. The van der Waals surface area contributed by atoms with Gasteiger partial charge in [-0.1, -0.05) is 24.3 Å². The largest absolute Gasteiger partial charge is 0.379 e. The highest BCUT2D eigenvalue weighted by Gasteiger charge is 2.05. The van der Waals surface area contributed by atoms with Crippen LogP contribution in [-0.4, -0.2) is 19.1 Å². The number of aromatic amines is 1. The lowest BCUT2D eigenvalue weighted by Gasteiger charge is -2.18. The van der Waals surface area contributed by atoms with Crippen molar-refractivity contribution >= 4 is 22.3 Å². The minimum atomic E-state index is 0.819. The van der Waals surface area contributed by atoms with Crippen LogP contribution in [0, 0.1) is 0 Å². The molecule has 0 fully saturated rings. The molecule has 0 aliphatic carbocycles. The summed E-state index contributed by atoms with van der Waals surface area (Å²) in [6.07, 6.45) is 1.99. The molecule has 3 rings (SSSR count). The molecule has 0 saturated heterocycles. The van der Waals surface area contributed by atoms with Crippen molar-refractivity contribution in [1.29, 1.82) is 0 Å². The maximum atomic E-state index is 3.54. The Kier molecular flexibility index (Phi) is 3.33. The van der Waals surface area contributed by atoms with E-state index in [1.54, 1.807) is 0 Å². The first-order valence-electron chi connectivity index (χ1n) is 6.81. The summed E-state index contributed by atoms with van der Waals surface area (Å²) in [6.45, 7) is 0.819. The second-order valence-corrected chi connectivity index (χ2v) is 5.12. The summed E-state index contributed by atoms with van der Waals surface area (Å²) >= 11 is 0. The number of hydrogen-bond donors (Lipinski definition) is 2. The number of hydrogen-bond acceptors (Lipinski definition) is 2. The van der Waals surface area contributed by atoms with Gasteiger partial charge in [0.25, 0.3) is 0 Å². The van der Waals surface area contributed by atoms with Gasteiger partial charge < -0.3 is 15.2 Å². The first kappa shape index (κ1) is 12.6. The Morgan fingerprint density at radius 1 is 1.00 bits per heavy atom. The van der Waals surface area contributed by atoms with E-state index in [0.29, 0.717) is 0 Å². The molecule has 0 radical (unpaired) electrons. The molecule has 0 atom stereocenters. The smallest absolute Gasteiger partial charge is 0.0596 e. The van der Waals surface area contributed by atoms with Gasteiger partial charge in [0.15, 0.2) is 0 Å². The highest BCUT2D eigenvalue weighted by atomic mass is 15.1. The SMILES string of the molecule is CN(C)c1ccccc1NCc1cccc2[nH]ccc12. The highest BCUT2D eigenvalue weighted by Crippen LogP contribution is 2.25. The molecule has 20 heavy (non-hydrogen) atoms. The molecule has 1 heterocycles. The van der Waals surface area contributed by atoms with Crippen molar-refractivity contribution in [1.82, 2.24) is 4.98 Å². The Labute approximate surface area is 119 Å². The number of para-hydroxylation sites is 2. The van der Waals surface area contributed by atoms with E-state index < -0.39 is 0 Å². The van der Waals surface area contributed by atoms with Crippen LogP contribution in [0.1, 0.15) is 5.56 Å². The number of nitrogens with one attached hydrogen (secondary N) is 2. The van der Waals surface area contributed by atoms with Crippen LogP contribution in [-0.2, 0) is 6.54 Å². The molecule has 0 saturated carbocycles. The first-order valence-corrected chi connectivity index (χ1v) is 6.81. The minimum absolute atomic E-state index is 0.819. The number of H-pyrrole nitrogens is 1. The number of rotatable bonds is 4. The number of benzene rings is 2. The Morgan fingerprint density at radius 2 is 1.85 bits per heavy atom. The fourth-order valence-corrected chi connectivity index (χ4v) is 2.51. The zero-order valence-electron chi connectivity index (χ0n) is 11.9. The molecule has 102 valence electrons. The Morgan fingerprint density at radius 3 is 2.70 bits per heavy atom. The van der Waals surface area contributed by atoms with Crippen molar-refractivity contribution in [3.8, 4) is 0 Å². The maximum Gasteiger partial charge on any atom is 0.0596 e. The predicted octanol–water partition coefficient (Wildman–Crippen LogP) is 3.85. The topological polar surface area (TPSA) is 31.1 Å². The summed E-state index contributed by atoms with van der Waals surface area (Å²) in [5.74, 6) is 0. The lowest BCUT2D eigenvalue weighted by molar-refractivity contribution is 1.11. The molecule has 0 aliphatic heterocycles. The van der Waals surface area contributed by atoms with E-state index in [-0.39, 0.29) is 0 Å². The minimum Gasteiger partial charge on any atom is -0.379 e. The van der Waals surface area contributed by atoms with E-state index in [1.165, 1.54) is 22.2 Å². The summed E-state index contributed by atoms with van der Waals surface area (Å²) < 4.78 is 0. The van der Waals surface area contributed by atoms with Crippen LogP contribution in [0.2, 0.25) is 0 Å². The van der Waals surface area contributed by atoms with Gasteiger partial charge in [0.1, 0.15) is 0 Å². The van der Waals surface area contributed by atoms with Crippen LogP contribution >= 0.6 is 0 Å². The third-order valence-electron chi connectivity index (χ3n) is 3.54. The van der Waals surface area contributed by atoms with Crippen LogP contribution in [0.25, 0.3) is 10.9 Å². The van der Waals surface area contributed by atoms with E-state index in [1.807, 2.05) is 6.20 Å². The number of aromatic nitrogens is 1. The number of fused-ring (bicyclic) bond motifs is 1. The molecule has 0 amide bonds. The standard InChI is InChI=1S/C17H19N3/c1-20(2)17-9-4-3-7-16(17)19-12-13-6-5-8-15-14(13)10-11-18-15/h3-11,18-19H,12H2,1-2H3. The molecule has 0 unspecified atom stereocenters. The van der Waals surface area contributed by atoms with Gasteiger partial charge in [-0.25, -0.2) is 0 Å². The van der Waals surface area contributed by atoms with E-state index >= 15 is 0 Å². The van der Waals surface area contributed by atoms with Crippen LogP contribution in [0.15, 0.2) is 54.7 Å². The molecular formula is C17H19N3. The maximum absolute atomic E-state index is 3.54. The van der Waals surface area contributed by atoms with Gasteiger partial charge in [-0.3, -0.25) is 0 Å². The number of nitrogens with zero attached hydrogens (tertiary/aromatic N) is 1. The lowest BCUT2D eigenvalue weighted by atomic mass is 10.1. The van der Waals surface area contributed by atoms with Gasteiger partial charge in [-0.15, -0.1) is 0 Å². The van der Waals surface area contributed by atoms with Crippen molar-refractivity contribution < 1.29 is 0 Å². The van der Waals surface area contributed by atoms with Gasteiger partial charge in [0.05, 0.1) is 11.4 Å². The molecule has 3 aromatic rings. The highest BCUT2D eigenvalue weighted by molar-refractivity contribution is 5.83. The van der Waals surface area contributed by atoms with Crippen molar-refractivity contribution in [2.45, 2.75) is 6.54 Å². The molecule has 1 aromatic heterocycles. The monoisotopic (exact) mass is 265 g/mol. The third-order valence-corrected chi connectivity index (χ3v) is 3.54. The van der Waals surface area contributed by atoms with Gasteiger partial charge in [0.2, 0.25) is 0 Å². The molecule has 3 nitrogen and oxygen atoms in total. The van der Waals surface area contributed by atoms with Crippen molar-refractivity contribution in [2.75, 3.05) is 24.3 Å². The van der Waals surface area contributed by atoms with E-state index in [9.17, 15) is 0 Å². The Hall–Kier alpha value is -2.42. The van der Waals surface area contributed by atoms with E-state index in [0.717, 1.165) is 12.2 Å². The van der Waals surface area contributed by atoms with Crippen LogP contribution in [0.5, 0.6) is 0 Å². The zero-order valence-corrected chi connectivity index (χ0v) is 11.9. The molecular weight excluding hydrogens is 246 g/mol. The molecule has 0 aliphatic rings. The predicted molar refractivity (Wildman–Crippen MR) is 86.4 cm³/mol. The molecule has 2 N–H and O–H groups in total. The van der Waals surface area contributed by atoms with Gasteiger partial charge in [-0.05, 0) is 29.8 Å². The van der Waals surface area contributed by atoms with Gasteiger partial charge >= 0.3 is 0 Å². The summed E-state index contributed by atoms with van der Waals surface area (Å²) in [4.78, 5) is 5.38. The van der Waals surface area contributed by atoms with Crippen LogP contribution in [0.4, 0.5) is 11.4 Å². The summed E-state index contributed by atoms with van der Waals surface area (Å²) in [5.41, 5.74) is 4.85. The van der Waals surface area contributed by atoms with Crippen LogP contribution in [0.3, 0.4) is 0 Å². The number of anilines is 2. The molecule has 0 bridgehead atoms. The first-order chi connectivity index (χ1) is 9.75. The second kappa shape index (κ2) is 5.29. The zero-order chi connectivity index (χ0) is 13.9. The molecule has 3 heteroatoms. The fraction of sp³-hybridized carbons (Fsp3) is 0.176. The summed E-state index contributed by atoms with van der Waals surface area (Å²) in [5, 5.41) is 4.82. The normalized spacial score (nSPS) is 10.7. The summed E-state index contributed by atoms with van der Waals surface area (Å²) in [6, 6.07) is 16.9. The quantitative estimate of drug-likeness (QED) is 0.751. The Balaban J connectivity index is 1.85. The van der Waals surface area contributed by atoms with Crippen molar-refractivity contribution in [3.63, 3.8) is 0 Å². The molecule has 0 spiro atoms. The van der Waals surface area contributed by atoms with Crippen molar-refractivity contribution in [2.24, 2.45) is 0 Å². The average molecular weight is 265 g/mol. The lowest BCUT2D eigenvalue weighted by Crippen LogP contribution is -2.12. The third kappa shape index (κ3) is 2.35. The van der Waals surface area contributed by atoms with Gasteiger partial charge in [-0.2, -0.15) is 0 Å². The Bertz CT molecular complexity index is 713. The van der Waals surface area contributed by atoms with Crippen molar-refractivity contribution in [3.05, 3.63) is 60.3 Å². The fourth-order valence-electron chi connectivity index (χ4n) is 2.51. The van der Waals surface area contributed by atoms with Gasteiger partial charge in [0, 0.05) is 37.7 Å². The average Bonchev–Trinajstić information content (AvgIpc) is 2.94. The molecule has 2 aromatic carbocycles.